The summed E-state index contributed by atoms with van der Waals surface area (Å²) in [5, 5.41) is 3.39. The van der Waals surface area contributed by atoms with Crippen molar-refractivity contribution in [2.75, 3.05) is 5.32 Å². The van der Waals surface area contributed by atoms with Gasteiger partial charge in [0.05, 0.1) is 27.6 Å². The molecule has 1 N–H and O–H groups in total. The molecule has 0 fully saturated rings. The molecule has 0 saturated carbocycles. The summed E-state index contributed by atoms with van der Waals surface area (Å²) in [5.41, 5.74) is 1.40. The number of amides is 1. The number of furan rings is 1. The topological polar surface area (TPSA) is 42.2 Å². The molecule has 0 aliphatic carbocycles. The van der Waals surface area contributed by atoms with E-state index in [-0.39, 0.29) is 10.8 Å². The zero-order chi connectivity index (χ0) is 13.3. The van der Waals surface area contributed by atoms with Crippen molar-refractivity contribution in [2.45, 2.75) is 6.92 Å². The van der Waals surface area contributed by atoms with Crippen LogP contribution in [0.3, 0.4) is 0 Å². The Balaban J connectivity index is 2.33. The van der Waals surface area contributed by atoms with E-state index in [1.54, 1.807) is 12.1 Å². The minimum atomic E-state index is -0.428. The van der Waals surface area contributed by atoms with E-state index in [2.05, 4.69) is 5.32 Å². The van der Waals surface area contributed by atoms with Crippen LogP contribution >= 0.6 is 34.8 Å². The van der Waals surface area contributed by atoms with E-state index in [9.17, 15) is 4.79 Å². The molecule has 1 amide bonds. The molecule has 1 heterocycles. The third-order valence-electron chi connectivity index (χ3n) is 2.39. The van der Waals surface area contributed by atoms with Gasteiger partial charge in [0.25, 0.3) is 5.91 Å². The highest BCUT2D eigenvalue weighted by molar-refractivity contribution is 6.40. The number of aryl methyl sites for hydroxylation is 1. The van der Waals surface area contributed by atoms with Crippen LogP contribution in [0.25, 0.3) is 0 Å². The Kier molecular flexibility index (Phi) is 3.85. The van der Waals surface area contributed by atoms with Gasteiger partial charge >= 0.3 is 0 Å². The van der Waals surface area contributed by atoms with Gasteiger partial charge in [0.2, 0.25) is 5.22 Å². The van der Waals surface area contributed by atoms with Gasteiger partial charge < -0.3 is 9.73 Å². The number of anilines is 1. The first-order valence-corrected chi connectivity index (χ1v) is 6.13. The highest BCUT2D eigenvalue weighted by Gasteiger charge is 2.16. The number of nitrogens with one attached hydrogen (secondary N) is 1. The molecular weight excluding hydrogens is 296 g/mol. The van der Waals surface area contributed by atoms with Gasteiger partial charge in [0.15, 0.2) is 0 Å². The number of carbonyl (C=O) groups is 1. The molecule has 2 aromatic rings. The van der Waals surface area contributed by atoms with Gasteiger partial charge in [-0.3, -0.25) is 4.79 Å². The number of hydrogen-bond acceptors (Lipinski definition) is 2. The maximum Gasteiger partial charge on any atom is 0.260 e. The molecular formula is C12H8Cl3NO2. The van der Waals surface area contributed by atoms with Crippen LogP contribution in [0.4, 0.5) is 5.69 Å². The van der Waals surface area contributed by atoms with E-state index >= 15 is 0 Å². The summed E-state index contributed by atoms with van der Waals surface area (Å²) in [6.45, 7) is 1.82. The quantitative estimate of drug-likeness (QED) is 0.866. The fraction of sp³-hybridized carbons (Fsp3) is 0.0833. The van der Waals surface area contributed by atoms with Crippen LogP contribution in [0.15, 0.2) is 28.9 Å². The lowest BCUT2D eigenvalue weighted by atomic mass is 10.2. The monoisotopic (exact) mass is 303 g/mol. The summed E-state index contributed by atoms with van der Waals surface area (Å²) in [6, 6.07) is 4.90. The maximum atomic E-state index is 11.9. The van der Waals surface area contributed by atoms with E-state index in [1.807, 2.05) is 6.92 Å². The Labute approximate surface area is 119 Å². The van der Waals surface area contributed by atoms with Gasteiger partial charge in [-0.25, -0.2) is 0 Å². The zero-order valence-electron chi connectivity index (χ0n) is 9.26. The van der Waals surface area contributed by atoms with Gasteiger partial charge in [0.1, 0.15) is 0 Å². The molecule has 3 nitrogen and oxygen atoms in total. The molecule has 6 heteroatoms. The Morgan fingerprint density at radius 3 is 2.56 bits per heavy atom. The highest BCUT2D eigenvalue weighted by Crippen LogP contribution is 2.33. The molecule has 18 heavy (non-hydrogen) atoms. The van der Waals surface area contributed by atoms with Gasteiger partial charge in [0, 0.05) is 0 Å². The smallest absolute Gasteiger partial charge is 0.260 e. The lowest BCUT2D eigenvalue weighted by molar-refractivity contribution is 0.102. The van der Waals surface area contributed by atoms with Crippen molar-refractivity contribution >= 4 is 46.4 Å². The first-order chi connectivity index (χ1) is 8.50. The van der Waals surface area contributed by atoms with Gasteiger partial charge in [-0.2, -0.15) is 0 Å². The summed E-state index contributed by atoms with van der Waals surface area (Å²) in [4.78, 5) is 11.9. The predicted octanol–water partition coefficient (Wildman–Crippen LogP) is 4.80. The molecule has 1 aromatic heterocycles. The van der Waals surface area contributed by atoms with Crippen molar-refractivity contribution in [1.29, 1.82) is 0 Å². The molecule has 0 saturated heterocycles. The standard InChI is InChI=1S/C12H8Cl3NO2/c1-6-2-3-8(13)10(9(6)14)16-12(17)7-4-5-18-11(7)15/h2-5H,1H3,(H,16,17). The van der Waals surface area contributed by atoms with Crippen molar-refractivity contribution in [3.8, 4) is 0 Å². The summed E-state index contributed by atoms with van der Waals surface area (Å²) in [6.07, 6.45) is 1.33. The second kappa shape index (κ2) is 5.22. The van der Waals surface area contributed by atoms with Gasteiger partial charge in [-0.15, -0.1) is 0 Å². The predicted molar refractivity (Wildman–Crippen MR) is 72.9 cm³/mol. The summed E-state index contributed by atoms with van der Waals surface area (Å²) in [5.74, 6) is -0.428. The first-order valence-electron chi connectivity index (χ1n) is 4.99. The van der Waals surface area contributed by atoms with E-state index in [0.29, 0.717) is 15.7 Å². The van der Waals surface area contributed by atoms with E-state index < -0.39 is 5.91 Å². The Morgan fingerprint density at radius 2 is 1.94 bits per heavy atom. The number of benzene rings is 1. The Morgan fingerprint density at radius 1 is 1.22 bits per heavy atom. The van der Waals surface area contributed by atoms with Crippen LogP contribution in [0.5, 0.6) is 0 Å². The molecule has 0 bridgehead atoms. The van der Waals surface area contributed by atoms with Crippen LogP contribution in [0, 0.1) is 6.92 Å². The first kappa shape index (κ1) is 13.3. The van der Waals surface area contributed by atoms with Crippen molar-refractivity contribution in [2.24, 2.45) is 0 Å². The molecule has 0 radical (unpaired) electrons. The summed E-state index contributed by atoms with van der Waals surface area (Å²) in [7, 11) is 0. The molecule has 1 aromatic carbocycles. The van der Waals surface area contributed by atoms with Crippen LogP contribution in [-0.2, 0) is 0 Å². The van der Waals surface area contributed by atoms with Crippen molar-refractivity contribution < 1.29 is 9.21 Å². The average molecular weight is 305 g/mol. The largest absolute Gasteiger partial charge is 0.452 e. The highest BCUT2D eigenvalue weighted by atomic mass is 35.5. The molecule has 0 aliphatic rings. The number of carbonyl (C=O) groups excluding carboxylic acids is 1. The molecule has 94 valence electrons. The van der Waals surface area contributed by atoms with Gasteiger partial charge in [-0.05, 0) is 36.2 Å². The van der Waals surface area contributed by atoms with E-state index in [1.165, 1.54) is 12.3 Å². The van der Waals surface area contributed by atoms with Crippen molar-refractivity contribution in [1.82, 2.24) is 0 Å². The van der Waals surface area contributed by atoms with Crippen LogP contribution in [0.1, 0.15) is 15.9 Å². The summed E-state index contributed by atoms with van der Waals surface area (Å²) < 4.78 is 4.85. The van der Waals surface area contributed by atoms with E-state index in [0.717, 1.165) is 5.56 Å². The Bertz CT molecular complexity index is 607. The molecule has 0 spiro atoms. The second-order valence-corrected chi connectivity index (χ2v) is 4.74. The SMILES string of the molecule is Cc1ccc(Cl)c(NC(=O)c2ccoc2Cl)c1Cl. The molecule has 0 atom stereocenters. The zero-order valence-corrected chi connectivity index (χ0v) is 11.5. The minimum Gasteiger partial charge on any atom is -0.452 e. The van der Waals surface area contributed by atoms with Gasteiger partial charge in [-0.1, -0.05) is 29.3 Å². The third-order valence-corrected chi connectivity index (χ3v) is 3.48. The maximum absolute atomic E-state index is 11.9. The number of rotatable bonds is 2. The average Bonchev–Trinajstić information content (AvgIpc) is 2.76. The molecule has 0 unspecified atom stereocenters. The fourth-order valence-corrected chi connectivity index (χ4v) is 2.07. The lowest BCUT2D eigenvalue weighted by Gasteiger charge is -2.10. The normalized spacial score (nSPS) is 10.4. The van der Waals surface area contributed by atoms with Crippen LogP contribution in [0.2, 0.25) is 15.3 Å². The summed E-state index contributed by atoms with van der Waals surface area (Å²) >= 11 is 17.8. The molecule has 2 rings (SSSR count). The fourth-order valence-electron chi connectivity index (χ4n) is 1.41. The minimum absolute atomic E-state index is 0.0207. The second-order valence-electron chi connectivity index (χ2n) is 3.62. The molecule has 0 aliphatic heterocycles. The van der Waals surface area contributed by atoms with Crippen molar-refractivity contribution in [3.05, 3.63) is 50.9 Å². The number of halogens is 3. The van der Waals surface area contributed by atoms with E-state index in [4.69, 9.17) is 39.2 Å². The van der Waals surface area contributed by atoms with Crippen LogP contribution in [-0.4, -0.2) is 5.91 Å². The third kappa shape index (κ3) is 2.48. The number of hydrogen-bond donors (Lipinski definition) is 1. The Hall–Kier alpha value is -1.16. The van der Waals surface area contributed by atoms with Crippen molar-refractivity contribution in [3.63, 3.8) is 0 Å². The van der Waals surface area contributed by atoms with Crippen LogP contribution < -0.4 is 5.32 Å². The lowest BCUT2D eigenvalue weighted by Crippen LogP contribution is -2.12.